The van der Waals surface area contributed by atoms with Crippen molar-refractivity contribution in [3.63, 3.8) is 0 Å². The largest absolute Gasteiger partial charge is 0.508 e. The number of carbonyl (C=O) groups excluding carboxylic acids is 4. The predicted molar refractivity (Wildman–Crippen MR) is 230 cm³/mol. The smallest absolute Gasteiger partial charge is 0.411 e. The number of carboxylic acids is 1. The van der Waals surface area contributed by atoms with Crippen molar-refractivity contribution in [2.45, 2.75) is 92.2 Å². The predicted octanol–water partition coefficient (Wildman–Crippen LogP) is 9.32. The van der Waals surface area contributed by atoms with Gasteiger partial charge in [0, 0.05) is 23.9 Å². The van der Waals surface area contributed by atoms with Crippen molar-refractivity contribution in [3.05, 3.63) is 64.1 Å². The first kappa shape index (κ1) is 54.1. The molecule has 0 fully saturated rings. The number of hydrogen-bond donors (Lipinski definition) is 10. The summed E-state index contributed by atoms with van der Waals surface area (Å²) >= 11 is 11.5. The molecule has 0 aliphatic rings. The zero-order valence-electron chi connectivity index (χ0n) is 35.1. The molecule has 3 aromatic carbocycles. The summed E-state index contributed by atoms with van der Waals surface area (Å²) in [5, 5.41) is 58.0. The SMILES string of the molecule is CC(C)CC(NC(=O)Nc1cc(Cl)c(O)c(Cl)c1)C(=O)O.CCCCCCOC(=O)Nc1cc(F)c(O)c(F)c1.CCOC(=O)C(CC(C)C)NC(=O)Nc1ccc(O)cc1O. The molecule has 0 heterocycles. The van der Waals surface area contributed by atoms with Crippen LogP contribution < -0.4 is 26.6 Å². The van der Waals surface area contributed by atoms with Crippen LogP contribution in [0.15, 0.2) is 42.5 Å². The Labute approximate surface area is 368 Å². The number of esters is 1. The Morgan fingerprint density at radius 1 is 0.677 bits per heavy atom. The number of ether oxygens (including phenoxy) is 2. The second kappa shape index (κ2) is 27.8. The molecule has 0 aliphatic carbocycles. The van der Waals surface area contributed by atoms with Gasteiger partial charge < -0.3 is 56.3 Å². The first-order chi connectivity index (χ1) is 29.1. The van der Waals surface area contributed by atoms with Gasteiger partial charge in [0.05, 0.1) is 34.6 Å². The Morgan fingerprint density at radius 2 is 1.21 bits per heavy atom. The lowest BCUT2D eigenvalue weighted by Crippen LogP contribution is -2.44. The molecule has 17 nitrogen and oxygen atoms in total. The maximum absolute atomic E-state index is 13.0. The maximum atomic E-state index is 13.0. The molecule has 0 saturated heterocycles. The van der Waals surface area contributed by atoms with Gasteiger partial charge in [0.25, 0.3) is 0 Å². The number of rotatable bonds is 17. The van der Waals surface area contributed by atoms with E-state index in [0.29, 0.717) is 12.8 Å². The number of anilines is 3. The fourth-order valence-electron chi connectivity index (χ4n) is 5.01. The van der Waals surface area contributed by atoms with Crippen LogP contribution in [0.1, 0.15) is 80.1 Å². The zero-order chi connectivity index (χ0) is 47.1. The third-order valence-electron chi connectivity index (χ3n) is 7.89. The minimum absolute atomic E-state index is 0.0187. The standard InChI is InChI=1S/C15H22N2O5.C13H16Cl2N2O4.C13H17F2NO3/c1-4-22-14(20)12(7-9(2)3)17-15(21)16-11-6-5-10(18)8-13(11)19;1-6(2)3-10(12(19)20)17-13(21)16-7-4-8(14)11(18)9(15)5-7;1-2-3-4-5-6-19-13(18)16-9-7-10(14)12(17)11(15)8-9/h5-6,8-9,12,18-19H,4,7H2,1-3H3,(H2,16,17,21);4-6,10,18H,3H2,1-2H3,(H,19,20)(H2,16,17,21);7-8,17H,2-6H2,1H3,(H,16,18). The second-order valence-corrected chi connectivity index (χ2v) is 15.1. The van der Waals surface area contributed by atoms with E-state index in [1.165, 1.54) is 24.3 Å². The Bertz CT molecular complexity index is 1910. The Kier molecular flexibility index (Phi) is 24.2. The van der Waals surface area contributed by atoms with E-state index in [0.717, 1.165) is 43.9 Å². The van der Waals surface area contributed by atoms with Crippen molar-refractivity contribution in [1.29, 1.82) is 0 Å². The number of urea groups is 2. The Hall–Kier alpha value is -5.95. The zero-order valence-corrected chi connectivity index (χ0v) is 36.6. The fraction of sp³-hybridized carbons (Fsp3) is 0.439. The van der Waals surface area contributed by atoms with E-state index in [1.54, 1.807) is 6.92 Å². The summed E-state index contributed by atoms with van der Waals surface area (Å²) in [4.78, 5) is 57.9. The highest BCUT2D eigenvalue weighted by molar-refractivity contribution is 6.37. The summed E-state index contributed by atoms with van der Waals surface area (Å²) in [5.41, 5.74) is 0.266. The van der Waals surface area contributed by atoms with Gasteiger partial charge in [-0.2, -0.15) is 0 Å². The molecule has 62 heavy (non-hydrogen) atoms. The van der Waals surface area contributed by atoms with Crippen LogP contribution in [0, 0.1) is 23.5 Å². The van der Waals surface area contributed by atoms with E-state index < -0.39 is 59.6 Å². The van der Waals surface area contributed by atoms with Crippen LogP contribution in [-0.4, -0.2) is 80.9 Å². The van der Waals surface area contributed by atoms with E-state index in [9.17, 15) is 48.1 Å². The van der Waals surface area contributed by atoms with Crippen LogP contribution in [-0.2, 0) is 19.1 Å². The lowest BCUT2D eigenvalue weighted by Gasteiger charge is -2.19. The minimum Gasteiger partial charge on any atom is -0.508 e. The van der Waals surface area contributed by atoms with E-state index in [1.807, 2.05) is 27.7 Å². The molecule has 0 aliphatic heterocycles. The number of phenolic OH excluding ortho intramolecular Hbond substituents is 4. The van der Waals surface area contributed by atoms with E-state index >= 15 is 0 Å². The fourth-order valence-corrected chi connectivity index (χ4v) is 5.50. The summed E-state index contributed by atoms with van der Waals surface area (Å²) < 4.78 is 35.8. The van der Waals surface area contributed by atoms with Crippen molar-refractivity contribution < 1.29 is 67.8 Å². The molecule has 5 amide bonds. The first-order valence-corrected chi connectivity index (χ1v) is 20.2. The number of hydrogen-bond acceptors (Lipinski definition) is 11. The summed E-state index contributed by atoms with van der Waals surface area (Å²) in [6.45, 7) is 11.8. The Morgan fingerprint density at radius 3 is 1.73 bits per heavy atom. The molecule has 0 saturated carbocycles. The van der Waals surface area contributed by atoms with Crippen molar-refractivity contribution in [2.75, 3.05) is 29.2 Å². The summed E-state index contributed by atoms with van der Waals surface area (Å²) in [6.07, 6.45) is 3.83. The average Bonchev–Trinajstić information content (AvgIpc) is 3.16. The minimum atomic E-state index is -1.14. The molecular formula is C41H55Cl2F2N5O12. The van der Waals surface area contributed by atoms with Gasteiger partial charge in [0.15, 0.2) is 23.1 Å². The maximum Gasteiger partial charge on any atom is 0.411 e. The third-order valence-corrected chi connectivity index (χ3v) is 8.47. The number of aromatic hydroxyl groups is 4. The van der Waals surface area contributed by atoms with Gasteiger partial charge in [0.1, 0.15) is 23.6 Å². The lowest BCUT2D eigenvalue weighted by atomic mass is 10.0. The van der Waals surface area contributed by atoms with Crippen LogP contribution in [0.4, 0.5) is 40.2 Å². The summed E-state index contributed by atoms with van der Waals surface area (Å²) in [6, 6.07) is 4.94. The number of benzene rings is 3. The van der Waals surface area contributed by atoms with Crippen molar-refractivity contribution in [2.24, 2.45) is 11.8 Å². The van der Waals surface area contributed by atoms with Crippen LogP contribution >= 0.6 is 23.2 Å². The first-order valence-electron chi connectivity index (χ1n) is 19.4. The highest BCUT2D eigenvalue weighted by Gasteiger charge is 2.24. The monoisotopic (exact) mass is 917 g/mol. The molecule has 0 aromatic heterocycles. The summed E-state index contributed by atoms with van der Waals surface area (Å²) in [7, 11) is 0. The quantitative estimate of drug-likeness (QED) is 0.0263. The van der Waals surface area contributed by atoms with Gasteiger partial charge in [-0.3, -0.25) is 5.32 Å². The number of aliphatic carboxylic acids is 1. The number of carboxylic acid groups (broad SMARTS) is 1. The van der Waals surface area contributed by atoms with Gasteiger partial charge in [-0.05, 0) is 62.3 Å². The number of amides is 5. The van der Waals surface area contributed by atoms with Gasteiger partial charge in [-0.1, -0.05) is 77.1 Å². The van der Waals surface area contributed by atoms with Crippen molar-refractivity contribution in [1.82, 2.24) is 10.6 Å². The highest BCUT2D eigenvalue weighted by Crippen LogP contribution is 2.34. The molecule has 2 atom stereocenters. The highest BCUT2D eigenvalue weighted by atomic mass is 35.5. The van der Waals surface area contributed by atoms with Crippen LogP contribution in [0.3, 0.4) is 0 Å². The molecule has 0 bridgehead atoms. The van der Waals surface area contributed by atoms with Crippen LogP contribution in [0.25, 0.3) is 0 Å². The molecule has 21 heteroatoms. The third kappa shape index (κ3) is 21.0. The molecule has 0 spiro atoms. The van der Waals surface area contributed by atoms with E-state index in [-0.39, 0.29) is 69.4 Å². The number of nitrogens with one attached hydrogen (secondary N) is 5. The van der Waals surface area contributed by atoms with Gasteiger partial charge >= 0.3 is 30.1 Å². The number of halogens is 4. The molecular weight excluding hydrogens is 863 g/mol. The molecule has 3 rings (SSSR count). The molecule has 344 valence electrons. The van der Waals surface area contributed by atoms with Crippen LogP contribution in [0.5, 0.6) is 23.0 Å². The average molecular weight is 919 g/mol. The van der Waals surface area contributed by atoms with Crippen molar-refractivity contribution >= 4 is 70.4 Å². The molecule has 3 aromatic rings. The van der Waals surface area contributed by atoms with Crippen LogP contribution in [0.2, 0.25) is 10.0 Å². The van der Waals surface area contributed by atoms with E-state index in [2.05, 4.69) is 33.5 Å². The van der Waals surface area contributed by atoms with Gasteiger partial charge in [-0.15, -0.1) is 0 Å². The molecule has 2 unspecified atom stereocenters. The topological polar surface area (TPSA) is 265 Å². The molecule has 0 radical (unpaired) electrons. The Balaban J connectivity index is 0.000000466. The number of carbonyl (C=O) groups is 5. The normalized spacial score (nSPS) is 11.4. The number of phenols is 4. The second-order valence-electron chi connectivity index (χ2n) is 14.3. The van der Waals surface area contributed by atoms with Crippen molar-refractivity contribution in [3.8, 4) is 23.0 Å². The lowest BCUT2D eigenvalue weighted by molar-refractivity contribution is -0.145. The van der Waals surface area contributed by atoms with Gasteiger partial charge in [-0.25, -0.2) is 32.8 Å². The van der Waals surface area contributed by atoms with E-state index in [4.69, 9.17) is 42.9 Å². The van der Waals surface area contributed by atoms with Gasteiger partial charge in [0.2, 0.25) is 0 Å². The molecule has 10 N–H and O–H groups in total. The number of unbranched alkanes of at least 4 members (excludes halogenated alkanes) is 3. The summed E-state index contributed by atoms with van der Waals surface area (Å²) in [5.74, 6) is -5.33.